The Morgan fingerprint density at radius 3 is 2.50 bits per heavy atom. The highest BCUT2D eigenvalue weighted by Gasteiger charge is 2.16. The molecule has 0 spiro atoms. The summed E-state index contributed by atoms with van der Waals surface area (Å²) < 4.78 is 0. The third-order valence-corrected chi connectivity index (χ3v) is 3.25. The standard InChI is InChI=1S/C13H22ClN3O/c1-4-11(5-2)17(6-7-18)9-13-15-10(3)8-12(14)16-13/h8,11,18H,4-7,9H2,1-3H3. The third-order valence-electron chi connectivity index (χ3n) is 3.06. The van der Waals surface area contributed by atoms with Gasteiger partial charge in [-0.15, -0.1) is 0 Å². The molecule has 0 aliphatic carbocycles. The molecule has 18 heavy (non-hydrogen) atoms. The molecule has 5 heteroatoms. The maximum absolute atomic E-state index is 9.16. The molecule has 0 aliphatic heterocycles. The Kier molecular flexibility index (Phi) is 6.54. The maximum atomic E-state index is 9.16. The summed E-state index contributed by atoms with van der Waals surface area (Å²) in [6.45, 7) is 7.64. The Labute approximate surface area is 114 Å². The van der Waals surface area contributed by atoms with E-state index in [9.17, 15) is 0 Å². The summed E-state index contributed by atoms with van der Waals surface area (Å²) in [5.41, 5.74) is 0.874. The van der Waals surface area contributed by atoms with Crippen molar-refractivity contribution in [2.24, 2.45) is 0 Å². The number of nitrogens with zero attached hydrogens (tertiary/aromatic N) is 3. The van der Waals surface area contributed by atoms with Crippen molar-refractivity contribution in [2.45, 2.75) is 46.2 Å². The second-order valence-electron chi connectivity index (χ2n) is 4.41. The van der Waals surface area contributed by atoms with E-state index < -0.39 is 0 Å². The van der Waals surface area contributed by atoms with Gasteiger partial charge in [-0.2, -0.15) is 0 Å². The molecule has 1 heterocycles. The molecule has 0 bridgehead atoms. The van der Waals surface area contributed by atoms with Crippen LogP contribution >= 0.6 is 11.6 Å². The first-order valence-corrected chi connectivity index (χ1v) is 6.83. The molecule has 0 aliphatic rings. The molecule has 4 nitrogen and oxygen atoms in total. The minimum Gasteiger partial charge on any atom is -0.395 e. The lowest BCUT2D eigenvalue weighted by Gasteiger charge is -2.29. The van der Waals surface area contributed by atoms with Gasteiger partial charge in [0.15, 0.2) is 0 Å². The van der Waals surface area contributed by atoms with Crippen LogP contribution in [0, 0.1) is 6.92 Å². The van der Waals surface area contributed by atoms with Gasteiger partial charge < -0.3 is 5.11 Å². The van der Waals surface area contributed by atoms with Crippen LogP contribution in [0.5, 0.6) is 0 Å². The number of aliphatic hydroxyl groups excluding tert-OH is 1. The minimum atomic E-state index is 0.149. The molecule has 1 N–H and O–H groups in total. The Bertz CT molecular complexity index is 349. The van der Waals surface area contributed by atoms with Crippen LogP contribution in [0.15, 0.2) is 6.07 Å². The van der Waals surface area contributed by atoms with E-state index in [1.165, 1.54) is 0 Å². The van der Waals surface area contributed by atoms with E-state index in [4.69, 9.17) is 16.7 Å². The lowest BCUT2D eigenvalue weighted by atomic mass is 10.1. The summed E-state index contributed by atoms with van der Waals surface area (Å²) in [5, 5.41) is 9.63. The number of aromatic nitrogens is 2. The Morgan fingerprint density at radius 2 is 2.00 bits per heavy atom. The minimum absolute atomic E-state index is 0.149. The highest BCUT2D eigenvalue weighted by Crippen LogP contribution is 2.13. The molecule has 0 radical (unpaired) electrons. The van der Waals surface area contributed by atoms with Gasteiger partial charge in [-0.3, -0.25) is 4.90 Å². The third kappa shape index (κ3) is 4.52. The van der Waals surface area contributed by atoms with Gasteiger partial charge in [-0.1, -0.05) is 25.4 Å². The molecule has 0 fully saturated rings. The van der Waals surface area contributed by atoms with E-state index in [1.54, 1.807) is 6.07 Å². The van der Waals surface area contributed by atoms with E-state index in [-0.39, 0.29) is 6.61 Å². The zero-order valence-electron chi connectivity index (χ0n) is 11.4. The van der Waals surface area contributed by atoms with Crippen LogP contribution in [0.3, 0.4) is 0 Å². The molecular formula is C13H22ClN3O. The molecule has 0 amide bonds. The van der Waals surface area contributed by atoms with Crippen LogP contribution in [0.25, 0.3) is 0 Å². The molecular weight excluding hydrogens is 250 g/mol. The highest BCUT2D eigenvalue weighted by molar-refractivity contribution is 6.29. The summed E-state index contributed by atoms with van der Waals surface area (Å²) in [6, 6.07) is 2.19. The number of rotatable bonds is 7. The normalized spacial score (nSPS) is 11.5. The lowest BCUT2D eigenvalue weighted by Crippen LogP contribution is -2.36. The van der Waals surface area contributed by atoms with Crippen molar-refractivity contribution < 1.29 is 5.11 Å². The molecule has 0 atom stereocenters. The van der Waals surface area contributed by atoms with Crippen LogP contribution in [0.2, 0.25) is 5.15 Å². The van der Waals surface area contributed by atoms with Crippen molar-refractivity contribution in [1.29, 1.82) is 0 Å². The van der Waals surface area contributed by atoms with E-state index in [1.807, 2.05) is 6.92 Å². The Morgan fingerprint density at radius 1 is 1.33 bits per heavy atom. The van der Waals surface area contributed by atoms with Gasteiger partial charge in [0.25, 0.3) is 0 Å². The Hall–Kier alpha value is -0.710. The molecule has 0 saturated carbocycles. The van der Waals surface area contributed by atoms with Gasteiger partial charge >= 0.3 is 0 Å². The average Bonchev–Trinajstić information content (AvgIpc) is 2.29. The van der Waals surface area contributed by atoms with Crippen molar-refractivity contribution >= 4 is 11.6 Å². The topological polar surface area (TPSA) is 49.2 Å². The van der Waals surface area contributed by atoms with E-state index >= 15 is 0 Å². The lowest BCUT2D eigenvalue weighted by molar-refractivity contribution is 0.133. The van der Waals surface area contributed by atoms with Crippen molar-refractivity contribution in [3.05, 3.63) is 22.7 Å². The van der Waals surface area contributed by atoms with Crippen LogP contribution in [0.1, 0.15) is 38.2 Å². The summed E-state index contributed by atoms with van der Waals surface area (Å²) in [5.74, 6) is 0.723. The van der Waals surface area contributed by atoms with Crippen LogP contribution in [-0.4, -0.2) is 39.2 Å². The molecule has 0 saturated heterocycles. The fourth-order valence-electron chi connectivity index (χ4n) is 2.17. The quantitative estimate of drug-likeness (QED) is 0.774. The largest absolute Gasteiger partial charge is 0.395 e. The number of hydrogen-bond donors (Lipinski definition) is 1. The van der Waals surface area contributed by atoms with Crippen LogP contribution < -0.4 is 0 Å². The van der Waals surface area contributed by atoms with E-state index in [0.717, 1.165) is 24.4 Å². The molecule has 1 aromatic heterocycles. The summed E-state index contributed by atoms with van der Waals surface area (Å²) in [4.78, 5) is 10.8. The van der Waals surface area contributed by atoms with E-state index in [0.29, 0.717) is 24.3 Å². The Balaban J connectivity index is 2.81. The molecule has 0 aromatic carbocycles. The van der Waals surface area contributed by atoms with Crippen LogP contribution in [-0.2, 0) is 6.54 Å². The predicted molar refractivity (Wildman–Crippen MR) is 73.6 cm³/mol. The average molecular weight is 272 g/mol. The first-order chi connectivity index (χ1) is 8.60. The second-order valence-corrected chi connectivity index (χ2v) is 4.80. The van der Waals surface area contributed by atoms with Gasteiger partial charge in [0.2, 0.25) is 0 Å². The summed E-state index contributed by atoms with van der Waals surface area (Å²) in [6.07, 6.45) is 2.10. The maximum Gasteiger partial charge on any atom is 0.144 e. The van der Waals surface area contributed by atoms with E-state index in [2.05, 4.69) is 28.7 Å². The molecule has 1 rings (SSSR count). The van der Waals surface area contributed by atoms with Crippen molar-refractivity contribution in [3.63, 3.8) is 0 Å². The molecule has 102 valence electrons. The van der Waals surface area contributed by atoms with Gasteiger partial charge in [-0.25, -0.2) is 9.97 Å². The smallest absolute Gasteiger partial charge is 0.144 e. The molecule has 0 unspecified atom stereocenters. The summed E-state index contributed by atoms with van der Waals surface area (Å²) in [7, 11) is 0. The second kappa shape index (κ2) is 7.67. The SMILES string of the molecule is CCC(CC)N(CCO)Cc1nc(C)cc(Cl)n1. The number of aliphatic hydroxyl groups is 1. The highest BCUT2D eigenvalue weighted by atomic mass is 35.5. The zero-order chi connectivity index (χ0) is 13.5. The van der Waals surface area contributed by atoms with Crippen molar-refractivity contribution in [1.82, 2.24) is 14.9 Å². The predicted octanol–water partition coefficient (Wildman–Crippen LogP) is 2.42. The fraction of sp³-hybridized carbons (Fsp3) is 0.692. The van der Waals surface area contributed by atoms with Crippen LogP contribution in [0.4, 0.5) is 0 Å². The number of hydrogen-bond acceptors (Lipinski definition) is 4. The first kappa shape index (κ1) is 15.3. The number of halogens is 1. The van der Waals surface area contributed by atoms with Gasteiger partial charge in [0.1, 0.15) is 11.0 Å². The van der Waals surface area contributed by atoms with Gasteiger partial charge in [0, 0.05) is 18.3 Å². The zero-order valence-corrected chi connectivity index (χ0v) is 12.1. The van der Waals surface area contributed by atoms with Crippen molar-refractivity contribution in [3.8, 4) is 0 Å². The van der Waals surface area contributed by atoms with Gasteiger partial charge in [-0.05, 0) is 25.8 Å². The summed E-state index contributed by atoms with van der Waals surface area (Å²) >= 11 is 5.94. The van der Waals surface area contributed by atoms with Gasteiger partial charge in [0.05, 0.1) is 13.2 Å². The van der Waals surface area contributed by atoms with Crippen molar-refractivity contribution in [2.75, 3.05) is 13.2 Å². The molecule has 1 aromatic rings. The monoisotopic (exact) mass is 271 g/mol. The fourth-order valence-corrected chi connectivity index (χ4v) is 2.42. The number of aryl methyl sites for hydroxylation is 1. The first-order valence-electron chi connectivity index (χ1n) is 6.45.